The van der Waals surface area contributed by atoms with Crippen LogP contribution >= 0.6 is 0 Å². The topological polar surface area (TPSA) is 42.4 Å². The number of aliphatic hydroxyl groups excluding tert-OH is 1. The summed E-state index contributed by atoms with van der Waals surface area (Å²) in [5, 5.41) is 9.08. The van der Waals surface area contributed by atoms with E-state index in [-0.39, 0.29) is 6.61 Å². The largest absolute Gasteiger partial charge is 0.439 e. The normalized spacial score (nSPS) is 10.8. The molecule has 2 rings (SSSR count). The molecule has 3 heteroatoms. The Labute approximate surface area is 113 Å². The van der Waals surface area contributed by atoms with E-state index in [1.54, 1.807) is 12.1 Å². The first kappa shape index (κ1) is 13.6. The van der Waals surface area contributed by atoms with Crippen LogP contribution in [0.3, 0.4) is 0 Å². The zero-order chi connectivity index (χ0) is 13.8. The summed E-state index contributed by atoms with van der Waals surface area (Å²) in [7, 11) is 0. The molecule has 0 atom stereocenters. The van der Waals surface area contributed by atoms with Gasteiger partial charge in [0.2, 0.25) is 5.88 Å². The Kier molecular flexibility index (Phi) is 4.17. The first-order valence-electron chi connectivity index (χ1n) is 6.45. The van der Waals surface area contributed by atoms with Crippen LogP contribution in [0.5, 0.6) is 11.6 Å². The monoisotopic (exact) mass is 257 g/mol. The van der Waals surface area contributed by atoms with Crippen molar-refractivity contribution >= 4 is 0 Å². The van der Waals surface area contributed by atoms with Gasteiger partial charge in [-0.3, -0.25) is 0 Å². The summed E-state index contributed by atoms with van der Waals surface area (Å²) in [6.45, 7) is 6.23. The van der Waals surface area contributed by atoms with E-state index in [1.165, 1.54) is 5.56 Å². The molecule has 2 aromatic rings. The van der Waals surface area contributed by atoms with E-state index in [2.05, 4.69) is 31.0 Å². The van der Waals surface area contributed by atoms with Gasteiger partial charge < -0.3 is 9.84 Å². The van der Waals surface area contributed by atoms with Crippen LogP contribution in [0.4, 0.5) is 0 Å². The average Bonchev–Trinajstić information content (AvgIpc) is 2.41. The maximum absolute atomic E-state index is 9.08. The molecule has 0 radical (unpaired) electrons. The van der Waals surface area contributed by atoms with Crippen molar-refractivity contribution in [3.63, 3.8) is 0 Å². The Bertz CT molecular complexity index is 564. The molecule has 0 amide bonds. The van der Waals surface area contributed by atoms with Crippen molar-refractivity contribution in [3.8, 4) is 11.6 Å². The minimum absolute atomic E-state index is 0.0811. The number of aliphatic hydroxyl groups is 1. The maximum Gasteiger partial charge on any atom is 0.219 e. The first-order valence-corrected chi connectivity index (χ1v) is 6.45. The van der Waals surface area contributed by atoms with E-state index < -0.39 is 0 Å². The van der Waals surface area contributed by atoms with Crippen molar-refractivity contribution in [3.05, 3.63) is 53.2 Å². The van der Waals surface area contributed by atoms with E-state index in [4.69, 9.17) is 9.84 Å². The number of nitrogens with zero attached hydrogens (tertiary/aromatic N) is 1. The molecule has 19 heavy (non-hydrogen) atoms. The molecule has 1 N–H and O–H groups in total. The Hall–Kier alpha value is -1.87. The Morgan fingerprint density at radius 2 is 2.00 bits per heavy atom. The Balaban J connectivity index is 2.29. The molecule has 0 unspecified atom stereocenters. The van der Waals surface area contributed by atoms with Gasteiger partial charge >= 0.3 is 0 Å². The second-order valence-corrected chi connectivity index (χ2v) is 4.91. The molecule has 1 aromatic carbocycles. The fourth-order valence-electron chi connectivity index (χ4n) is 1.80. The van der Waals surface area contributed by atoms with Gasteiger partial charge in [-0.15, -0.1) is 0 Å². The first-order chi connectivity index (χ1) is 9.10. The quantitative estimate of drug-likeness (QED) is 0.906. The zero-order valence-corrected chi connectivity index (χ0v) is 11.6. The van der Waals surface area contributed by atoms with Gasteiger partial charge in [0.05, 0.1) is 12.3 Å². The van der Waals surface area contributed by atoms with E-state index in [1.807, 2.05) is 19.1 Å². The van der Waals surface area contributed by atoms with Crippen LogP contribution in [0.15, 0.2) is 36.4 Å². The third-order valence-electron chi connectivity index (χ3n) is 3.04. The van der Waals surface area contributed by atoms with Crippen LogP contribution in [0.1, 0.15) is 36.6 Å². The van der Waals surface area contributed by atoms with Gasteiger partial charge in [-0.1, -0.05) is 32.0 Å². The summed E-state index contributed by atoms with van der Waals surface area (Å²) in [6, 6.07) is 11.6. The highest BCUT2D eigenvalue weighted by Crippen LogP contribution is 2.27. The molecule has 0 aliphatic carbocycles. The fraction of sp³-hybridized carbons (Fsp3) is 0.312. The molecule has 1 aromatic heterocycles. The lowest BCUT2D eigenvalue weighted by Crippen LogP contribution is -1.96. The molecular formula is C16H19NO2. The van der Waals surface area contributed by atoms with Gasteiger partial charge in [0.25, 0.3) is 0 Å². The number of aromatic nitrogens is 1. The van der Waals surface area contributed by atoms with Crippen LogP contribution in [-0.2, 0) is 6.61 Å². The highest BCUT2D eigenvalue weighted by atomic mass is 16.5. The summed E-state index contributed by atoms with van der Waals surface area (Å²) in [5.41, 5.74) is 2.91. The highest BCUT2D eigenvalue weighted by molar-refractivity contribution is 5.39. The van der Waals surface area contributed by atoms with Gasteiger partial charge in [0, 0.05) is 6.07 Å². The maximum atomic E-state index is 9.08. The standard InChI is InChI=1S/C16H19NO2/c1-11(2)13-8-7-12(3)15(9-13)19-16-6-4-5-14(10-18)17-16/h4-9,11,18H,10H2,1-3H3. The van der Waals surface area contributed by atoms with Crippen LogP contribution < -0.4 is 4.74 Å². The second-order valence-electron chi connectivity index (χ2n) is 4.91. The number of hydrogen-bond acceptors (Lipinski definition) is 3. The molecule has 0 fully saturated rings. The van der Waals surface area contributed by atoms with Crippen LogP contribution in [-0.4, -0.2) is 10.1 Å². The number of aryl methyl sites for hydroxylation is 1. The van der Waals surface area contributed by atoms with Gasteiger partial charge in [-0.2, -0.15) is 0 Å². The molecule has 0 aliphatic heterocycles. The van der Waals surface area contributed by atoms with E-state index in [0.717, 1.165) is 11.3 Å². The summed E-state index contributed by atoms with van der Waals surface area (Å²) in [5.74, 6) is 1.78. The van der Waals surface area contributed by atoms with Gasteiger partial charge in [0.1, 0.15) is 5.75 Å². The number of hydrogen-bond donors (Lipinski definition) is 1. The van der Waals surface area contributed by atoms with Gasteiger partial charge in [-0.25, -0.2) is 4.98 Å². The minimum atomic E-state index is -0.0811. The summed E-state index contributed by atoms with van der Waals surface area (Å²) in [6.07, 6.45) is 0. The molecule has 0 saturated heterocycles. The predicted molar refractivity (Wildman–Crippen MR) is 75.5 cm³/mol. The molecule has 0 saturated carbocycles. The van der Waals surface area contributed by atoms with Crippen molar-refractivity contribution in [1.29, 1.82) is 0 Å². The number of pyridine rings is 1. The third kappa shape index (κ3) is 3.32. The van der Waals surface area contributed by atoms with E-state index in [9.17, 15) is 0 Å². The van der Waals surface area contributed by atoms with Gasteiger partial charge in [-0.05, 0) is 36.1 Å². The van der Waals surface area contributed by atoms with Crippen molar-refractivity contribution in [2.45, 2.75) is 33.3 Å². The fourth-order valence-corrected chi connectivity index (χ4v) is 1.80. The smallest absolute Gasteiger partial charge is 0.219 e. The van der Waals surface area contributed by atoms with Crippen LogP contribution in [0.2, 0.25) is 0 Å². The SMILES string of the molecule is Cc1ccc(C(C)C)cc1Oc1cccc(CO)n1. The van der Waals surface area contributed by atoms with Crippen LogP contribution in [0.25, 0.3) is 0 Å². The van der Waals surface area contributed by atoms with Crippen LogP contribution in [0, 0.1) is 6.92 Å². The lowest BCUT2D eigenvalue weighted by Gasteiger charge is -2.12. The van der Waals surface area contributed by atoms with Gasteiger partial charge in [0.15, 0.2) is 0 Å². The number of benzene rings is 1. The highest BCUT2D eigenvalue weighted by Gasteiger charge is 2.07. The molecular weight excluding hydrogens is 238 g/mol. The second kappa shape index (κ2) is 5.85. The predicted octanol–water partition coefficient (Wildman–Crippen LogP) is 3.80. The number of rotatable bonds is 4. The lowest BCUT2D eigenvalue weighted by molar-refractivity contribution is 0.275. The molecule has 0 aliphatic rings. The van der Waals surface area contributed by atoms with E-state index in [0.29, 0.717) is 17.5 Å². The van der Waals surface area contributed by atoms with Crippen molar-refractivity contribution in [2.24, 2.45) is 0 Å². The molecule has 100 valence electrons. The molecule has 0 spiro atoms. The van der Waals surface area contributed by atoms with E-state index >= 15 is 0 Å². The Morgan fingerprint density at radius 3 is 2.68 bits per heavy atom. The summed E-state index contributed by atoms with van der Waals surface area (Å²) >= 11 is 0. The molecule has 0 bridgehead atoms. The zero-order valence-electron chi connectivity index (χ0n) is 11.6. The van der Waals surface area contributed by atoms with Crippen molar-refractivity contribution in [2.75, 3.05) is 0 Å². The number of ether oxygens (including phenoxy) is 1. The average molecular weight is 257 g/mol. The summed E-state index contributed by atoms with van der Waals surface area (Å²) in [4.78, 5) is 4.23. The Morgan fingerprint density at radius 1 is 1.21 bits per heavy atom. The lowest BCUT2D eigenvalue weighted by atomic mass is 10.0. The van der Waals surface area contributed by atoms with Crippen molar-refractivity contribution in [1.82, 2.24) is 4.98 Å². The summed E-state index contributed by atoms with van der Waals surface area (Å²) < 4.78 is 5.82. The minimum Gasteiger partial charge on any atom is -0.439 e. The molecule has 1 heterocycles. The molecule has 3 nitrogen and oxygen atoms in total. The van der Waals surface area contributed by atoms with Crippen molar-refractivity contribution < 1.29 is 9.84 Å². The third-order valence-corrected chi connectivity index (χ3v) is 3.04.